The van der Waals surface area contributed by atoms with Crippen molar-refractivity contribution in [1.82, 2.24) is 4.90 Å². The lowest BCUT2D eigenvalue weighted by molar-refractivity contribution is -0.384. The number of rotatable bonds is 6. The van der Waals surface area contributed by atoms with Crippen molar-refractivity contribution < 1.29 is 9.72 Å². The summed E-state index contributed by atoms with van der Waals surface area (Å²) in [6.45, 7) is 0.625. The molecule has 3 rings (SSSR count). The number of nitro groups is 1. The number of thiophene rings is 1. The molecular formula is C16H15ClN2O3S. The van der Waals surface area contributed by atoms with Gasteiger partial charge in [0.15, 0.2) is 0 Å². The fourth-order valence-electron chi connectivity index (χ4n) is 2.47. The molecule has 5 nitrogen and oxygen atoms in total. The fourth-order valence-corrected chi connectivity index (χ4v) is 3.36. The molecule has 0 unspecified atom stereocenters. The molecule has 0 saturated heterocycles. The molecule has 2 aromatic rings. The Hall–Kier alpha value is -1.92. The van der Waals surface area contributed by atoms with Crippen LogP contribution in [0.3, 0.4) is 0 Å². The second kappa shape index (κ2) is 6.68. The summed E-state index contributed by atoms with van der Waals surface area (Å²) in [5.41, 5.74) is 0.0886. The highest BCUT2D eigenvalue weighted by atomic mass is 35.5. The van der Waals surface area contributed by atoms with Crippen molar-refractivity contribution >= 4 is 34.5 Å². The van der Waals surface area contributed by atoms with Crippen molar-refractivity contribution in [3.05, 3.63) is 61.3 Å². The first-order valence-electron chi connectivity index (χ1n) is 7.33. The topological polar surface area (TPSA) is 63.4 Å². The van der Waals surface area contributed by atoms with E-state index < -0.39 is 4.92 Å². The number of hydrogen-bond donors (Lipinski definition) is 0. The molecule has 120 valence electrons. The highest BCUT2D eigenvalue weighted by Gasteiger charge is 2.33. The van der Waals surface area contributed by atoms with E-state index >= 15 is 0 Å². The summed E-state index contributed by atoms with van der Waals surface area (Å²) in [5.74, 6) is -0.163. The van der Waals surface area contributed by atoms with E-state index in [1.807, 2.05) is 22.4 Å². The summed E-state index contributed by atoms with van der Waals surface area (Å²) in [6.07, 6.45) is 2.79. The maximum Gasteiger partial charge on any atom is 0.288 e. The van der Waals surface area contributed by atoms with Gasteiger partial charge in [0, 0.05) is 29.1 Å². The Morgan fingerprint density at radius 3 is 2.78 bits per heavy atom. The van der Waals surface area contributed by atoms with Gasteiger partial charge in [-0.25, -0.2) is 0 Å². The normalized spacial score (nSPS) is 13.8. The molecule has 1 aromatic carbocycles. The predicted molar refractivity (Wildman–Crippen MR) is 90.2 cm³/mol. The Labute approximate surface area is 142 Å². The lowest BCUT2D eigenvalue weighted by Gasteiger charge is -2.22. The van der Waals surface area contributed by atoms with Gasteiger partial charge in [0.05, 0.1) is 4.92 Å². The van der Waals surface area contributed by atoms with Crippen molar-refractivity contribution in [3.8, 4) is 0 Å². The minimum atomic E-state index is -0.563. The molecule has 7 heteroatoms. The van der Waals surface area contributed by atoms with Gasteiger partial charge in [0.25, 0.3) is 11.6 Å². The van der Waals surface area contributed by atoms with E-state index in [0.717, 1.165) is 19.3 Å². The highest BCUT2D eigenvalue weighted by Crippen LogP contribution is 2.31. The first kappa shape index (κ1) is 16.0. The standard InChI is InChI=1S/C16H15ClN2O3S/c17-14-6-3-11(10-15(14)19(21)22)16(20)18(12-4-5-12)8-7-13-2-1-9-23-13/h1-3,6,9-10,12H,4-5,7-8H2. The molecule has 0 N–H and O–H groups in total. The molecule has 0 aliphatic heterocycles. The largest absolute Gasteiger partial charge is 0.335 e. The summed E-state index contributed by atoms with van der Waals surface area (Å²) in [6, 6.07) is 8.53. The summed E-state index contributed by atoms with van der Waals surface area (Å²) in [7, 11) is 0. The van der Waals surface area contributed by atoms with Crippen molar-refractivity contribution in [2.45, 2.75) is 25.3 Å². The second-order valence-electron chi connectivity index (χ2n) is 5.48. The van der Waals surface area contributed by atoms with Crippen LogP contribution in [-0.2, 0) is 6.42 Å². The monoisotopic (exact) mass is 350 g/mol. The van der Waals surface area contributed by atoms with Gasteiger partial charge in [-0.3, -0.25) is 14.9 Å². The van der Waals surface area contributed by atoms with Gasteiger partial charge in [0.2, 0.25) is 0 Å². The first-order valence-corrected chi connectivity index (χ1v) is 8.59. The van der Waals surface area contributed by atoms with Crippen molar-refractivity contribution in [1.29, 1.82) is 0 Å². The number of benzene rings is 1. The number of halogens is 1. The molecule has 0 bridgehead atoms. The zero-order chi connectivity index (χ0) is 16.4. The van der Waals surface area contributed by atoms with Crippen LogP contribution >= 0.6 is 22.9 Å². The summed E-state index contributed by atoms with van der Waals surface area (Å²) in [5, 5.41) is 13.1. The van der Waals surface area contributed by atoms with E-state index in [-0.39, 0.29) is 22.7 Å². The molecule has 1 aliphatic rings. The molecular weight excluding hydrogens is 336 g/mol. The summed E-state index contributed by atoms with van der Waals surface area (Å²) in [4.78, 5) is 26.2. The highest BCUT2D eigenvalue weighted by molar-refractivity contribution is 7.09. The average molecular weight is 351 g/mol. The van der Waals surface area contributed by atoms with Gasteiger partial charge in [-0.1, -0.05) is 17.7 Å². The molecule has 1 aliphatic carbocycles. The van der Waals surface area contributed by atoms with Gasteiger partial charge < -0.3 is 4.90 Å². The van der Waals surface area contributed by atoms with Gasteiger partial charge in [-0.15, -0.1) is 11.3 Å². The van der Waals surface area contributed by atoms with Crippen LogP contribution in [0.5, 0.6) is 0 Å². The molecule has 1 saturated carbocycles. The van der Waals surface area contributed by atoms with Gasteiger partial charge >= 0.3 is 0 Å². The minimum absolute atomic E-state index is 0.0445. The predicted octanol–water partition coefficient (Wildman–Crippen LogP) is 4.16. The quantitative estimate of drug-likeness (QED) is 0.580. The fraction of sp³-hybridized carbons (Fsp3) is 0.312. The number of carbonyl (C=O) groups excluding carboxylic acids is 1. The molecule has 1 amide bonds. The average Bonchev–Trinajstić information content (AvgIpc) is 3.22. The van der Waals surface area contributed by atoms with Crippen LogP contribution in [0.25, 0.3) is 0 Å². The number of nitrogens with zero attached hydrogens (tertiary/aromatic N) is 2. The van der Waals surface area contributed by atoms with E-state index in [4.69, 9.17) is 11.6 Å². The second-order valence-corrected chi connectivity index (χ2v) is 6.92. The first-order chi connectivity index (χ1) is 11.1. The summed E-state index contributed by atoms with van der Waals surface area (Å²) >= 11 is 7.48. The summed E-state index contributed by atoms with van der Waals surface area (Å²) < 4.78 is 0. The third-order valence-electron chi connectivity index (χ3n) is 3.82. The van der Waals surface area contributed by atoms with Crippen molar-refractivity contribution in [2.24, 2.45) is 0 Å². The molecule has 1 aromatic heterocycles. The Kier molecular flexibility index (Phi) is 4.63. The van der Waals surface area contributed by atoms with Crippen LogP contribution in [-0.4, -0.2) is 28.3 Å². The smallest absolute Gasteiger partial charge is 0.288 e. The number of carbonyl (C=O) groups is 1. The van der Waals surface area contributed by atoms with E-state index in [1.54, 1.807) is 17.4 Å². The molecule has 23 heavy (non-hydrogen) atoms. The SMILES string of the molecule is O=C(c1ccc(Cl)c([N+](=O)[O-])c1)N(CCc1cccs1)C1CC1. The van der Waals surface area contributed by atoms with Gasteiger partial charge in [-0.05, 0) is 42.8 Å². The van der Waals surface area contributed by atoms with Crippen molar-refractivity contribution in [3.63, 3.8) is 0 Å². The third-order valence-corrected chi connectivity index (χ3v) is 5.07. The van der Waals surface area contributed by atoms with Crippen molar-refractivity contribution in [2.75, 3.05) is 6.54 Å². The molecule has 0 spiro atoms. The van der Waals surface area contributed by atoms with Crippen LogP contribution in [0.2, 0.25) is 5.02 Å². The molecule has 0 atom stereocenters. The van der Waals surface area contributed by atoms with Crippen LogP contribution in [0.4, 0.5) is 5.69 Å². The minimum Gasteiger partial charge on any atom is -0.335 e. The zero-order valence-electron chi connectivity index (χ0n) is 12.3. The maximum atomic E-state index is 12.7. The van der Waals surface area contributed by atoms with E-state index in [2.05, 4.69) is 0 Å². The number of hydrogen-bond acceptors (Lipinski definition) is 4. The third kappa shape index (κ3) is 3.71. The van der Waals surface area contributed by atoms with Crippen LogP contribution in [0.1, 0.15) is 28.1 Å². The van der Waals surface area contributed by atoms with Crippen LogP contribution in [0, 0.1) is 10.1 Å². The Morgan fingerprint density at radius 2 is 2.17 bits per heavy atom. The van der Waals surface area contributed by atoms with E-state index in [9.17, 15) is 14.9 Å². The Bertz CT molecular complexity index is 729. The number of nitro benzene ring substituents is 1. The van der Waals surface area contributed by atoms with E-state index in [1.165, 1.54) is 17.0 Å². The maximum absolute atomic E-state index is 12.7. The van der Waals surface area contributed by atoms with Gasteiger partial charge in [-0.2, -0.15) is 0 Å². The lowest BCUT2D eigenvalue weighted by Crippen LogP contribution is -2.34. The Balaban J connectivity index is 1.78. The zero-order valence-corrected chi connectivity index (χ0v) is 13.8. The Morgan fingerprint density at radius 1 is 1.39 bits per heavy atom. The van der Waals surface area contributed by atoms with E-state index in [0.29, 0.717) is 12.1 Å². The van der Waals surface area contributed by atoms with Crippen LogP contribution < -0.4 is 0 Å². The van der Waals surface area contributed by atoms with Gasteiger partial charge in [0.1, 0.15) is 5.02 Å². The van der Waals surface area contributed by atoms with Crippen LogP contribution in [0.15, 0.2) is 35.7 Å². The number of amides is 1. The lowest BCUT2D eigenvalue weighted by atomic mass is 10.1. The molecule has 1 heterocycles. The molecule has 1 fully saturated rings. The molecule has 0 radical (unpaired) electrons.